The van der Waals surface area contributed by atoms with Crippen LogP contribution in [0.1, 0.15) is 53.5 Å². The predicted molar refractivity (Wildman–Crippen MR) is 102 cm³/mol. The minimum atomic E-state index is -0.661. The third-order valence-corrected chi connectivity index (χ3v) is 4.08. The highest BCUT2D eigenvalue weighted by Gasteiger charge is 2.36. The summed E-state index contributed by atoms with van der Waals surface area (Å²) < 4.78 is 0. The fraction of sp³-hybridized carbons (Fsp3) is 0.600. The number of amides is 1. The van der Waals surface area contributed by atoms with Crippen LogP contribution in [0.3, 0.4) is 0 Å². The number of rotatable bonds is 3. The Labute approximate surface area is 152 Å². The average molecular weight is 348 g/mol. The van der Waals surface area contributed by atoms with Gasteiger partial charge in [0.25, 0.3) is 0 Å². The highest BCUT2D eigenvalue weighted by atomic mass is 16.3. The number of aromatic hydroxyl groups is 1. The summed E-state index contributed by atoms with van der Waals surface area (Å²) in [5.41, 5.74) is 0.0210. The molecule has 25 heavy (non-hydrogen) atoms. The van der Waals surface area contributed by atoms with Gasteiger partial charge in [-0.1, -0.05) is 45.9 Å². The molecular weight excluding hydrogens is 314 g/mol. The molecule has 0 saturated carbocycles. The number of hydrogen-bond donors (Lipinski definition) is 2. The van der Waals surface area contributed by atoms with E-state index in [0.29, 0.717) is 18.5 Å². The molecule has 5 heteroatoms. The van der Waals surface area contributed by atoms with Gasteiger partial charge in [0.1, 0.15) is 5.75 Å². The number of nitriles is 1. The van der Waals surface area contributed by atoms with E-state index in [1.165, 1.54) is 0 Å². The smallest absolute Gasteiger partial charge is 0.225 e. The van der Waals surface area contributed by atoms with Crippen molar-refractivity contribution >= 4 is 5.91 Å². The van der Waals surface area contributed by atoms with Gasteiger partial charge in [-0.2, -0.15) is 5.26 Å². The number of nitrogens with one attached hydrogen (secondary N) is 1. The first-order valence-corrected chi connectivity index (χ1v) is 9.05. The van der Waals surface area contributed by atoms with Gasteiger partial charge in [-0.25, -0.2) is 0 Å². The third kappa shape index (κ3) is 6.06. The number of carbonyl (C=O) groups excluding carboxylic acids is 1. The van der Waals surface area contributed by atoms with Crippen LogP contribution in [0.2, 0.25) is 0 Å². The Balaban J connectivity index is 0.00000134. The molecule has 0 radical (unpaired) electrons. The quantitative estimate of drug-likeness (QED) is 0.875. The number of para-hydroxylation sites is 1. The maximum absolute atomic E-state index is 12.4. The molecule has 0 aromatic heterocycles. The molecule has 1 aliphatic rings. The normalized spacial score (nSPS) is 19.6. The van der Waals surface area contributed by atoms with Crippen molar-refractivity contribution in [3.63, 3.8) is 0 Å². The van der Waals surface area contributed by atoms with Crippen LogP contribution < -0.4 is 5.32 Å². The summed E-state index contributed by atoms with van der Waals surface area (Å²) in [5.74, 6) is -0.0983. The van der Waals surface area contributed by atoms with E-state index in [1.54, 1.807) is 18.2 Å². The van der Waals surface area contributed by atoms with Crippen molar-refractivity contribution < 1.29 is 9.90 Å². The van der Waals surface area contributed by atoms with Gasteiger partial charge in [0.2, 0.25) is 5.91 Å². The number of benzene rings is 1. The molecule has 1 saturated heterocycles. The molecule has 0 aliphatic carbocycles. The minimum Gasteiger partial charge on any atom is -0.508 e. The van der Waals surface area contributed by atoms with Gasteiger partial charge in [-0.15, -0.1) is 0 Å². The first-order valence-electron chi connectivity index (χ1n) is 9.05. The Bertz CT molecular complexity index is 579. The van der Waals surface area contributed by atoms with E-state index in [-0.39, 0.29) is 23.6 Å². The maximum Gasteiger partial charge on any atom is 0.225 e. The van der Waals surface area contributed by atoms with Gasteiger partial charge in [-0.05, 0) is 33.4 Å². The van der Waals surface area contributed by atoms with E-state index in [0.717, 1.165) is 0 Å². The lowest BCUT2D eigenvalue weighted by Gasteiger charge is -2.29. The number of phenols is 1. The summed E-state index contributed by atoms with van der Waals surface area (Å²) in [5, 5.41) is 22.0. The topological polar surface area (TPSA) is 76.4 Å². The molecule has 2 N–H and O–H groups in total. The highest BCUT2D eigenvalue weighted by Crippen LogP contribution is 2.30. The molecule has 0 spiro atoms. The maximum atomic E-state index is 12.4. The Kier molecular flexibility index (Phi) is 9.85. The number of phenolic OH excluding ortho intramolecular Hbond substituents is 1. The van der Waals surface area contributed by atoms with E-state index < -0.39 is 5.54 Å². The molecule has 1 aromatic rings. The summed E-state index contributed by atoms with van der Waals surface area (Å²) in [7, 11) is 1.86. The molecule has 2 atom stereocenters. The van der Waals surface area contributed by atoms with E-state index >= 15 is 0 Å². The van der Waals surface area contributed by atoms with Crippen molar-refractivity contribution in [1.82, 2.24) is 10.2 Å². The molecule has 2 unspecified atom stereocenters. The van der Waals surface area contributed by atoms with E-state index in [9.17, 15) is 9.90 Å². The van der Waals surface area contributed by atoms with Crippen LogP contribution >= 0.6 is 0 Å². The summed E-state index contributed by atoms with van der Waals surface area (Å²) in [6.45, 7) is 12.3. The van der Waals surface area contributed by atoms with Crippen LogP contribution in [0, 0.1) is 17.2 Å². The second-order valence-electron chi connectivity index (χ2n) is 6.15. The molecular formula is C20H33N3O2. The molecule has 5 nitrogen and oxygen atoms in total. The van der Waals surface area contributed by atoms with Crippen LogP contribution in [0.4, 0.5) is 0 Å². The molecule has 1 heterocycles. The van der Waals surface area contributed by atoms with Gasteiger partial charge < -0.3 is 10.4 Å². The lowest BCUT2D eigenvalue weighted by molar-refractivity contribution is -0.126. The van der Waals surface area contributed by atoms with Crippen molar-refractivity contribution in [2.24, 2.45) is 5.92 Å². The summed E-state index contributed by atoms with van der Waals surface area (Å²) >= 11 is 0. The molecule has 1 aromatic carbocycles. The average Bonchev–Trinajstić information content (AvgIpc) is 2.99. The van der Waals surface area contributed by atoms with E-state index in [2.05, 4.69) is 11.4 Å². The van der Waals surface area contributed by atoms with Crippen molar-refractivity contribution in [2.45, 2.75) is 59.5 Å². The zero-order valence-corrected chi connectivity index (χ0v) is 16.6. The van der Waals surface area contributed by atoms with Crippen molar-refractivity contribution in [2.75, 3.05) is 13.6 Å². The predicted octanol–water partition coefficient (Wildman–Crippen LogP) is 3.64. The largest absolute Gasteiger partial charge is 0.508 e. The lowest BCUT2D eigenvalue weighted by atomic mass is 9.92. The third-order valence-electron chi connectivity index (χ3n) is 4.08. The Morgan fingerprint density at radius 2 is 1.84 bits per heavy atom. The molecule has 140 valence electrons. The van der Waals surface area contributed by atoms with Gasteiger partial charge >= 0.3 is 0 Å². The zero-order chi connectivity index (χ0) is 19.6. The van der Waals surface area contributed by atoms with Gasteiger partial charge in [0.05, 0.1) is 23.6 Å². The highest BCUT2D eigenvalue weighted by molar-refractivity contribution is 5.80. The second kappa shape index (κ2) is 10.7. The lowest BCUT2D eigenvalue weighted by Crippen LogP contribution is -2.44. The number of hydrogen-bond acceptors (Lipinski definition) is 4. The number of likely N-dealkylation sites (tertiary alicyclic amines) is 1. The molecule has 0 bridgehead atoms. The second-order valence-corrected chi connectivity index (χ2v) is 6.15. The number of nitrogens with zero attached hydrogens (tertiary/aromatic N) is 2. The van der Waals surface area contributed by atoms with Crippen molar-refractivity contribution in [1.29, 1.82) is 5.26 Å². The zero-order valence-electron chi connectivity index (χ0n) is 16.6. The molecule has 1 aliphatic heterocycles. The fourth-order valence-corrected chi connectivity index (χ4v) is 2.82. The monoisotopic (exact) mass is 347 g/mol. The van der Waals surface area contributed by atoms with Crippen LogP contribution in [-0.4, -0.2) is 35.5 Å². The fourth-order valence-electron chi connectivity index (χ4n) is 2.82. The standard InChI is InChI=1S/C16H21N3O2.2C2H6/c1-16(2,13-6-4-5-7-14(13)20)18-15(21)11-8-12(9-17)19(3)10-11;2*1-2/h4-7,11-12,20H,8,10H2,1-3H3,(H,18,21);2*1-2H3. The van der Waals surface area contributed by atoms with Gasteiger partial charge in [0, 0.05) is 12.1 Å². The van der Waals surface area contributed by atoms with E-state index in [1.807, 2.05) is 59.6 Å². The Hall–Kier alpha value is -2.06. The summed E-state index contributed by atoms with van der Waals surface area (Å²) in [6, 6.07) is 9.00. The van der Waals surface area contributed by atoms with Crippen LogP contribution in [0.5, 0.6) is 5.75 Å². The van der Waals surface area contributed by atoms with Gasteiger partial charge in [-0.3, -0.25) is 9.69 Å². The minimum absolute atomic E-state index is 0.0761. The van der Waals surface area contributed by atoms with Crippen LogP contribution in [0.25, 0.3) is 0 Å². The summed E-state index contributed by atoms with van der Waals surface area (Å²) in [6.07, 6.45) is 0.551. The van der Waals surface area contributed by atoms with Crippen LogP contribution in [-0.2, 0) is 10.3 Å². The van der Waals surface area contributed by atoms with Gasteiger partial charge in [0.15, 0.2) is 0 Å². The molecule has 1 fully saturated rings. The van der Waals surface area contributed by atoms with E-state index in [4.69, 9.17) is 5.26 Å². The number of carbonyl (C=O) groups is 1. The van der Waals surface area contributed by atoms with Crippen molar-refractivity contribution in [3.05, 3.63) is 29.8 Å². The van der Waals surface area contributed by atoms with Crippen molar-refractivity contribution in [3.8, 4) is 11.8 Å². The summed E-state index contributed by atoms with van der Waals surface area (Å²) in [4.78, 5) is 14.3. The first-order chi connectivity index (χ1) is 11.8. The Morgan fingerprint density at radius 3 is 2.32 bits per heavy atom. The molecule has 1 amide bonds. The first kappa shape index (κ1) is 22.9. The van der Waals surface area contributed by atoms with Crippen LogP contribution in [0.15, 0.2) is 24.3 Å². The SMILES string of the molecule is CC.CC.CN1CC(C(=O)NC(C)(C)c2ccccc2O)CC1C#N. The molecule has 2 rings (SSSR count). The Morgan fingerprint density at radius 1 is 1.28 bits per heavy atom.